The Morgan fingerprint density at radius 2 is 2.00 bits per heavy atom. The normalized spacial score (nSPS) is 25.7. The van der Waals surface area contributed by atoms with Crippen LogP contribution in [0.1, 0.15) is 44.7 Å². The van der Waals surface area contributed by atoms with Crippen molar-refractivity contribution in [3.05, 3.63) is 28.3 Å². The Hall–Kier alpha value is -2.59. The molecule has 2 bridgehead atoms. The molecule has 0 saturated carbocycles. The number of piperazine rings is 1. The minimum absolute atomic E-state index is 0.0287. The summed E-state index contributed by atoms with van der Waals surface area (Å²) in [6, 6.07) is 3.64. The number of carbonyl (C=O) groups excluding carboxylic acids is 3. The minimum atomic E-state index is -0.654. The predicted octanol–water partition coefficient (Wildman–Crippen LogP) is 3.08. The number of halogens is 1. The number of likely N-dealkylation sites (tertiary alicyclic amines) is 1. The standard InChI is InChI=1S/C21H23ClN4O3/c1-11-14(6-5-12(9-23)17(11)22)26-19(28)18-15-7-13(25(18)20(26)29)10-24(15)16(27)8-21(2,3)4/h5-6,13,15,18H,7-8,10H2,1-4H3. The Balaban J connectivity index is 1.65. The van der Waals surface area contributed by atoms with Crippen LogP contribution in [0.15, 0.2) is 12.1 Å². The van der Waals surface area contributed by atoms with Gasteiger partial charge in [0.1, 0.15) is 12.1 Å². The van der Waals surface area contributed by atoms with Crippen LogP contribution in [0.2, 0.25) is 5.02 Å². The minimum Gasteiger partial charge on any atom is -0.335 e. The first-order valence-electron chi connectivity index (χ1n) is 9.70. The van der Waals surface area contributed by atoms with Gasteiger partial charge < -0.3 is 9.80 Å². The van der Waals surface area contributed by atoms with Crippen molar-refractivity contribution in [3.8, 4) is 6.07 Å². The van der Waals surface area contributed by atoms with Crippen molar-refractivity contribution in [1.82, 2.24) is 9.80 Å². The summed E-state index contributed by atoms with van der Waals surface area (Å²) in [5.41, 5.74) is 1.06. The third kappa shape index (κ3) is 2.89. The molecule has 3 aliphatic heterocycles. The van der Waals surface area contributed by atoms with Crippen molar-refractivity contribution in [1.29, 1.82) is 5.26 Å². The average Bonchev–Trinajstić information content (AvgIpc) is 3.28. The van der Waals surface area contributed by atoms with Crippen molar-refractivity contribution in [2.45, 2.75) is 58.7 Å². The summed E-state index contributed by atoms with van der Waals surface area (Å²) < 4.78 is 0. The Morgan fingerprint density at radius 1 is 1.31 bits per heavy atom. The van der Waals surface area contributed by atoms with Crippen LogP contribution < -0.4 is 4.90 Å². The van der Waals surface area contributed by atoms with E-state index in [2.05, 4.69) is 0 Å². The van der Waals surface area contributed by atoms with Crippen molar-refractivity contribution >= 4 is 35.1 Å². The van der Waals surface area contributed by atoms with Crippen LogP contribution in [0.25, 0.3) is 0 Å². The van der Waals surface area contributed by atoms with Gasteiger partial charge in [-0.3, -0.25) is 9.59 Å². The first kappa shape index (κ1) is 19.7. The number of anilines is 1. The molecule has 0 aliphatic carbocycles. The van der Waals surface area contributed by atoms with Crippen molar-refractivity contribution < 1.29 is 14.4 Å². The van der Waals surface area contributed by atoms with Crippen molar-refractivity contribution in [2.24, 2.45) is 5.41 Å². The summed E-state index contributed by atoms with van der Waals surface area (Å²) in [4.78, 5) is 43.8. The number of nitrogens with zero attached hydrogens (tertiary/aromatic N) is 4. The van der Waals surface area contributed by atoms with Crippen LogP contribution >= 0.6 is 11.6 Å². The monoisotopic (exact) mass is 414 g/mol. The third-order valence-corrected chi connectivity index (χ3v) is 6.47. The van der Waals surface area contributed by atoms with E-state index in [0.29, 0.717) is 36.2 Å². The van der Waals surface area contributed by atoms with E-state index in [0.717, 1.165) is 4.90 Å². The van der Waals surface area contributed by atoms with Crippen LogP contribution in [0.4, 0.5) is 10.5 Å². The number of fused-ring (bicyclic) bond motifs is 5. The van der Waals surface area contributed by atoms with Crippen LogP contribution in [0.3, 0.4) is 0 Å². The number of imide groups is 1. The summed E-state index contributed by atoms with van der Waals surface area (Å²) in [6.45, 7) is 8.19. The van der Waals surface area contributed by atoms with Crippen LogP contribution in [0, 0.1) is 23.7 Å². The molecule has 8 heteroatoms. The molecule has 152 valence electrons. The summed E-state index contributed by atoms with van der Waals surface area (Å²) in [5, 5.41) is 9.38. The summed E-state index contributed by atoms with van der Waals surface area (Å²) in [5.74, 6) is -0.305. The fourth-order valence-electron chi connectivity index (χ4n) is 4.72. The van der Waals surface area contributed by atoms with E-state index in [4.69, 9.17) is 16.9 Å². The zero-order chi connectivity index (χ0) is 21.2. The predicted molar refractivity (Wildman–Crippen MR) is 107 cm³/mol. The van der Waals surface area contributed by atoms with Gasteiger partial charge >= 0.3 is 6.03 Å². The lowest BCUT2D eigenvalue weighted by Crippen LogP contribution is -2.55. The second-order valence-electron chi connectivity index (χ2n) is 9.23. The zero-order valence-electron chi connectivity index (χ0n) is 16.9. The molecule has 29 heavy (non-hydrogen) atoms. The smallest absolute Gasteiger partial charge is 0.332 e. The molecule has 0 radical (unpaired) electrons. The number of benzene rings is 1. The van der Waals surface area contributed by atoms with Crippen molar-refractivity contribution in [2.75, 3.05) is 11.4 Å². The number of carbonyl (C=O) groups is 3. The highest BCUT2D eigenvalue weighted by Crippen LogP contribution is 2.44. The van der Waals surface area contributed by atoms with E-state index in [-0.39, 0.29) is 40.4 Å². The maximum Gasteiger partial charge on any atom is 0.332 e. The molecule has 3 aliphatic rings. The van der Waals surface area contributed by atoms with E-state index in [1.807, 2.05) is 26.8 Å². The van der Waals surface area contributed by atoms with Crippen LogP contribution in [0.5, 0.6) is 0 Å². The van der Waals surface area contributed by atoms with Crippen LogP contribution in [-0.4, -0.2) is 52.3 Å². The van der Waals surface area contributed by atoms with E-state index in [1.165, 1.54) is 6.07 Å². The molecule has 4 rings (SSSR count). The molecule has 0 N–H and O–H groups in total. The van der Waals surface area contributed by atoms with E-state index < -0.39 is 6.04 Å². The molecule has 3 heterocycles. The number of nitriles is 1. The topological polar surface area (TPSA) is 84.7 Å². The Bertz CT molecular complexity index is 977. The maximum atomic E-state index is 13.3. The first-order chi connectivity index (χ1) is 13.5. The Labute approximate surface area is 174 Å². The van der Waals surface area contributed by atoms with Gasteiger partial charge in [0, 0.05) is 13.0 Å². The molecule has 0 aromatic heterocycles. The lowest BCUT2D eigenvalue weighted by Gasteiger charge is -2.36. The quantitative estimate of drug-likeness (QED) is 0.696. The lowest BCUT2D eigenvalue weighted by molar-refractivity contribution is -0.137. The van der Waals surface area contributed by atoms with Gasteiger partial charge in [-0.1, -0.05) is 32.4 Å². The molecular formula is C21H23ClN4O3. The molecule has 0 spiro atoms. The Kier molecular flexibility index (Phi) is 4.39. The molecule has 3 atom stereocenters. The molecule has 3 fully saturated rings. The second-order valence-corrected chi connectivity index (χ2v) is 9.61. The largest absolute Gasteiger partial charge is 0.335 e. The molecule has 1 aromatic rings. The number of rotatable bonds is 2. The molecule has 1 aromatic carbocycles. The van der Waals surface area contributed by atoms with Crippen molar-refractivity contribution in [3.63, 3.8) is 0 Å². The molecule has 3 saturated heterocycles. The first-order valence-corrected chi connectivity index (χ1v) is 10.1. The van der Waals surface area contributed by atoms with Gasteiger partial charge in [0.2, 0.25) is 5.91 Å². The molecule has 4 amide bonds. The molecule has 3 unspecified atom stereocenters. The third-order valence-electron chi connectivity index (χ3n) is 5.99. The molecule has 7 nitrogen and oxygen atoms in total. The van der Waals surface area contributed by atoms with E-state index >= 15 is 0 Å². The SMILES string of the molecule is Cc1c(N2C(=O)C3C4CC(CN4C(=O)CC(C)(C)C)N3C2=O)ccc(C#N)c1Cl. The highest BCUT2D eigenvalue weighted by atomic mass is 35.5. The fourth-order valence-corrected chi connectivity index (χ4v) is 4.93. The van der Waals surface area contributed by atoms with Gasteiger partial charge in [0.15, 0.2) is 0 Å². The van der Waals surface area contributed by atoms with E-state index in [9.17, 15) is 14.4 Å². The zero-order valence-corrected chi connectivity index (χ0v) is 17.7. The summed E-state index contributed by atoms with van der Waals surface area (Å²) in [6.07, 6.45) is 1.04. The highest BCUT2D eigenvalue weighted by molar-refractivity contribution is 6.33. The van der Waals surface area contributed by atoms with Gasteiger partial charge in [-0.05, 0) is 36.5 Å². The number of urea groups is 1. The highest BCUT2D eigenvalue weighted by Gasteiger charge is 2.63. The summed E-state index contributed by atoms with van der Waals surface area (Å²) in [7, 11) is 0. The maximum absolute atomic E-state index is 13.3. The van der Waals surface area contributed by atoms with Gasteiger partial charge in [0.25, 0.3) is 5.91 Å². The number of hydrogen-bond donors (Lipinski definition) is 0. The Morgan fingerprint density at radius 3 is 2.62 bits per heavy atom. The fraction of sp³-hybridized carbons (Fsp3) is 0.524. The van der Waals surface area contributed by atoms with Crippen LogP contribution in [-0.2, 0) is 9.59 Å². The average molecular weight is 415 g/mol. The number of amides is 4. The van der Waals surface area contributed by atoms with Gasteiger partial charge in [-0.2, -0.15) is 5.26 Å². The summed E-state index contributed by atoms with van der Waals surface area (Å²) >= 11 is 6.25. The molecular weight excluding hydrogens is 392 g/mol. The van der Waals surface area contributed by atoms with Gasteiger partial charge in [0.05, 0.1) is 28.4 Å². The lowest BCUT2D eigenvalue weighted by atomic mass is 9.91. The van der Waals surface area contributed by atoms with Gasteiger partial charge in [-0.15, -0.1) is 0 Å². The number of hydrogen-bond acceptors (Lipinski definition) is 4. The van der Waals surface area contributed by atoms with Gasteiger partial charge in [-0.25, -0.2) is 9.69 Å². The van der Waals surface area contributed by atoms with E-state index in [1.54, 1.807) is 22.8 Å². The second kappa shape index (κ2) is 6.46.